The van der Waals surface area contributed by atoms with Crippen LogP contribution >= 0.6 is 11.6 Å². The summed E-state index contributed by atoms with van der Waals surface area (Å²) in [5, 5.41) is 5.70. The highest BCUT2D eigenvalue weighted by Crippen LogP contribution is 2.33. The van der Waals surface area contributed by atoms with Gasteiger partial charge in [-0.25, -0.2) is 0 Å². The van der Waals surface area contributed by atoms with E-state index in [1.165, 1.54) is 6.07 Å². The van der Waals surface area contributed by atoms with Gasteiger partial charge in [-0.2, -0.15) is 13.2 Å². The van der Waals surface area contributed by atoms with Crippen LogP contribution in [0.2, 0.25) is 5.02 Å². The summed E-state index contributed by atoms with van der Waals surface area (Å²) in [5.74, 6) is -0.0990. The molecule has 7 heteroatoms. The highest BCUT2D eigenvalue weighted by Gasteiger charge is 2.31. The Labute approximate surface area is 119 Å². The lowest BCUT2D eigenvalue weighted by Gasteiger charge is -2.18. The van der Waals surface area contributed by atoms with Gasteiger partial charge in [-0.3, -0.25) is 4.79 Å². The number of hydrogen-bond acceptors (Lipinski definition) is 2. The molecule has 2 N–H and O–H groups in total. The molecular formula is C13H14ClF3N2O. The van der Waals surface area contributed by atoms with Crippen molar-refractivity contribution in [1.82, 2.24) is 5.32 Å². The first-order valence-electron chi connectivity index (χ1n) is 6.25. The van der Waals surface area contributed by atoms with Crippen LogP contribution in [0.5, 0.6) is 0 Å². The summed E-state index contributed by atoms with van der Waals surface area (Å²) in [6, 6.07) is 3.14. The molecule has 110 valence electrons. The van der Waals surface area contributed by atoms with Crippen molar-refractivity contribution in [2.45, 2.75) is 31.5 Å². The molecule has 0 aliphatic carbocycles. The summed E-state index contributed by atoms with van der Waals surface area (Å²) in [4.78, 5) is 11.4. The molecule has 1 aliphatic heterocycles. The Balaban J connectivity index is 2.16. The van der Waals surface area contributed by atoms with Crippen LogP contribution in [0.1, 0.15) is 24.8 Å². The average molecular weight is 307 g/mol. The van der Waals surface area contributed by atoms with E-state index in [0.717, 1.165) is 18.6 Å². The Bertz CT molecular complexity index is 505. The predicted octanol–water partition coefficient (Wildman–Crippen LogP) is 3.44. The van der Waals surface area contributed by atoms with Crippen LogP contribution in [0.4, 0.5) is 18.9 Å². The third-order valence-electron chi connectivity index (χ3n) is 3.08. The van der Waals surface area contributed by atoms with E-state index < -0.39 is 11.7 Å². The largest absolute Gasteiger partial charge is 0.416 e. The molecule has 3 nitrogen and oxygen atoms in total. The molecule has 1 atom stereocenters. The number of nitrogens with one attached hydrogen (secondary N) is 2. The lowest BCUT2D eigenvalue weighted by molar-refractivity contribution is -0.137. The second kappa shape index (κ2) is 5.91. The second-order valence-electron chi connectivity index (χ2n) is 4.76. The predicted molar refractivity (Wildman–Crippen MR) is 70.7 cm³/mol. The molecule has 1 fully saturated rings. The number of anilines is 1. The zero-order valence-corrected chi connectivity index (χ0v) is 11.3. The summed E-state index contributed by atoms with van der Waals surface area (Å²) in [6.45, 7) is 0.598. The molecule has 0 spiro atoms. The van der Waals surface area contributed by atoms with E-state index in [2.05, 4.69) is 10.6 Å². The molecule has 20 heavy (non-hydrogen) atoms. The van der Waals surface area contributed by atoms with Crippen LogP contribution < -0.4 is 10.6 Å². The third kappa shape index (κ3) is 4.03. The minimum absolute atomic E-state index is 0.0143. The minimum atomic E-state index is -4.44. The number of carbonyl (C=O) groups excluding carboxylic acids is 1. The quantitative estimate of drug-likeness (QED) is 0.879. The first-order valence-corrected chi connectivity index (χ1v) is 6.63. The van der Waals surface area contributed by atoms with E-state index in [4.69, 9.17) is 11.6 Å². The SMILES string of the molecule is O=C1CC(Nc2cc(Cl)cc(C(F)(F)F)c2)CCCN1. The van der Waals surface area contributed by atoms with Crippen LogP contribution in [-0.2, 0) is 11.0 Å². The van der Waals surface area contributed by atoms with Gasteiger partial charge in [-0.15, -0.1) is 0 Å². The van der Waals surface area contributed by atoms with Crippen molar-refractivity contribution in [3.63, 3.8) is 0 Å². The van der Waals surface area contributed by atoms with Crippen LogP contribution in [0.3, 0.4) is 0 Å². The van der Waals surface area contributed by atoms with E-state index in [-0.39, 0.29) is 29.1 Å². The standard InChI is InChI=1S/C13H14ClF3N2O/c14-9-4-8(13(15,16)17)5-11(6-9)19-10-2-1-3-18-12(20)7-10/h4-6,10,19H,1-3,7H2,(H,18,20). The molecule has 1 heterocycles. The Morgan fingerprint density at radius 1 is 1.30 bits per heavy atom. The van der Waals surface area contributed by atoms with Crippen LogP contribution in [0, 0.1) is 0 Å². The first-order chi connectivity index (χ1) is 9.34. The van der Waals surface area contributed by atoms with E-state index >= 15 is 0 Å². The average Bonchev–Trinajstić information content (AvgIpc) is 2.51. The zero-order chi connectivity index (χ0) is 14.8. The van der Waals surface area contributed by atoms with Gasteiger partial charge in [0.25, 0.3) is 0 Å². The summed E-state index contributed by atoms with van der Waals surface area (Å²) < 4.78 is 38.1. The topological polar surface area (TPSA) is 41.1 Å². The molecule has 1 saturated heterocycles. The highest BCUT2D eigenvalue weighted by atomic mass is 35.5. The monoisotopic (exact) mass is 306 g/mol. The Kier molecular flexibility index (Phi) is 4.42. The fourth-order valence-electron chi connectivity index (χ4n) is 2.17. The van der Waals surface area contributed by atoms with Gasteiger partial charge >= 0.3 is 6.18 Å². The maximum absolute atomic E-state index is 12.7. The third-order valence-corrected chi connectivity index (χ3v) is 3.30. The summed E-state index contributed by atoms with van der Waals surface area (Å²) in [6.07, 6.45) is -2.70. The first kappa shape index (κ1) is 15.0. The molecule has 1 unspecified atom stereocenters. The number of amides is 1. The van der Waals surface area contributed by atoms with Crippen molar-refractivity contribution >= 4 is 23.2 Å². The maximum atomic E-state index is 12.7. The van der Waals surface area contributed by atoms with Gasteiger partial charge in [0.05, 0.1) is 5.56 Å². The molecular weight excluding hydrogens is 293 g/mol. The number of carbonyl (C=O) groups is 1. The van der Waals surface area contributed by atoms with Crippen molar-refractivity contribution in [3.8, 4) is 0 Å². The van der Waals surface area contributed by atoms with Gasteiger partial charge in [0.1, 0.15) is 0 Å². The fourth-order valence-corrected chi connectivity index (χ4v) is 2.40. The van der Waals surface area contributed by atoms with Crippen molar-refractivity contribution in [2.75, 3.05) is 11.9 Å². The molecule has 2 rings (SSSR count). The highest BCUT2D eigenvalue weighted by molar-refractivity contribution is 6.30. The Morgan fingerprint density at radius 2 is 2.05 bits per heavy atom. The lowest BCUT2D eigenvalue weighted by Crippen LogP contribution is -2.26. The van der Waals surface area contributed by atoms with E-state index in [1.54, 1.807) is 0 Å². The van der Waals surface area contributed by atoms with Crippen LogP contribution in [0.15, 0.2) is 18.2 Å². The minimum Gasteiger partial charge on any atom is -0.382 e. The smallest absolute Gasteiger partial charge is 0.382 e. The van der Waals surface area contributed by atoms with Crippen LogP contribution in [0.25, 0.3) is 0 Å². The maximum Gasteiger partial charge on any atom is 0.416 e. The van der Waals surface area contributed by atoms with Gasteiger partial charge < -0.3 is 10.6 Å². The zero-order valence-electron chi connectivity index (χ0n) is 10.6. The Morgan fingerprint density at radius 3 is 2.75 bits per heavy atom. The molecule has 0 bridgehead atoms. The number of rotatable bonds is 2. The normalized spacial score (nSPS) is 20.2. The van der Waals surface area contributed by atoms with Crippen molar-refractivity contribution < 1.29 is 18.0 Å². The van der Waals surface area contributed by atoms with Crippen molar-refractivity contribution in [2.24, 2.45) is 0 Å². The van der Waals surface area contributed by atoms with Gasteiger partial charge in [0, 0.05) is 29.7 Å². The summed E-state index contributed by atoms with van der Waals surface area (Å²) in [7, 11) is 0. The van der Waals surface area contributed by atoms with E-state index in [0.29, 0.717) is 13.0 Å². The van der Waals surface area contributed by atoms with Gasteiger partial charge in [0.15, 0.2) is 0 Å². The molecule has 0 aromatic heterocycles. The van der Waals surface area contributed by atoms with E-state index in [1.807, 2.05) is 0 Å². The van der Waals surface area contributed by atoms with Crippen molar-refractivity contribution in [1.29, 1.82) is 0 Å². The molecule has 1 aliphatic rings. The van der Waals surface area contributed by atoms with Gasteiger partial charge in [0.2, 0.25) is 5.91 Å². The summed E-state index contributed by atoms with van der Waals surface area (Å²) >= 11 is 5.72. The van der Waals surface area contributed by atoms with Crippen molar-refractivity contribution in [3.05, 3.63) is 28.8 Å². The number of benzene rings is 1. The molecule has 1 aromatic carbocycles. The van der Waals surface area contributed by atoms with Gasteiger partial charge in [-0.05, 0) is 31.0 Å². The fraction of sp³-hybridized carbons (Fsp3) is 0.462. The summed E-state index contributed by atoms with van der Waals surface area (Å²) in [5.41, 5.74) is -0.518. The van der Waals surface area contributed by atoms with E-state index in [9.17, 15) is 18.0 Å². The molecule has 0 saturated carbocycles. The number of halogens is 4. The van der Waals surface area contributed by atoms with Gasteiger partial charge in [-0.1, -0.05) is 11.6 Å². The van der Waals surface area contributed by atoms with Crippen LogP contribution in [-0.4, -0.2) is 18.5 Å². The number of alkyl halides is 3. The second-order valence-corrected chi connectivity index (χ2v) is 5.20. The number of hydrogen-bond donors (Lipinski definition) is 2. The molecule has 1 aromatic rings. The Hall–Kier alpha value is -1.43. The molecule has 0 radical (unpaired) electrons. The lowest BCUT2D eigenvalue weighted by atomic mass is 10.1. The molecule has 1 amide bonds.